The van der Waals surface area contributed by atoms with Crippen LogP contribution in [0.15, 0.2) is 42.0 Å². The molecular weight excluding hydrogens is 401 g/mol. The van der Waals surface area contributed by atoms with E-state index in [-0.39, 0.29) is 38.4 Å². The number of carbonyl (C=O) groups is 1. The van der Waals surface area contributed by atoms with Crippen molar-refractivity contribution in [3.63, 3.8) is 0 Å². The number of benzene rings is 2. The minimum Gasteiger partial charge on any atom is -0.493 e. The number of nitriles is 1. The molecule has 2 rings (SSSR count). The summed E-state index contributed by atoms with van der Waals surface area (Å²) in [7, 11) is 1.30. The third-order valence-electron chi connectivity index (χ3n) is 3.28. The first-order chi connectivity index (χ1) is 12.8. The Labute approximate surface area is 163 Å². The van der Waals surface area contributed by atoms with Crippen molar-refractivity contribution in [2.45, 2.75) is 6.61 Å². The van der Waals surface area contributed by atoms with Crippen LogP contribution in [0.1, 0.15) is 5.56 Å². The number of hydrogen-bond donors (Lipinski definition) is 1. The molecule has 0 heterocycles. The van der Waals surface area contributed by atoms with Crippen LogP contribution in [0.2, 0.25) is 10.0 Å². The average molecular weight is 413 g/mol. The van der Waals surface area contributed by atoms with E-state index in [4.69, 9.17) is 27.9 Å². The van der Waals surface area contributed by atoms with Gasteiger partial charge in [-0.25, -0.2) is 0 Å². The van der Waals surface area contributed by atoms with E-state index < -0.39 is 12.5 Å². The molecule has 0 saturated heterocycles. The number of alkyl halides is 2. The zero-order chi connectivity index (χ0) is 20.0. The Morgan fingerprint density at radius 1 is 1.22 bits per heavy atom. The zero-order valence-corrected chi connectivity index (χ0v) is 15.3. The first kappa shape index (κ1) is 20.5. The Hall–Kier alpha value is -2.82. The Morgan fingerprint density at radius 3 is 2.44 bits per heavy atom. The lowest BCUT2D eigenvalue weighted by Gasteiger charge is -2.11. The van der Waals surface area contributed by atoms with E-state index in [1.165, 1.54) is 43.5 Å². The van der Waals surface area contributed by atoms with Gasteiger partial charge >= 0.3 is 6.61 Å². The van der Waals surface area contributed by atoms with Gasteiger partial charge in [-0.15, -0.1) is 0 Å². The van der Waals surface area contributed by atoms with Gasteiger partial charge in [-0.2, -0.15) is 14.0 Å². The lowest BCUT2D eigenvalue weighted by Crippen LogP contribution is -2.14. The van der Waals surface area contributed by atoms with Gasteiger partial charge < -0.3 is 14.8 Å². The fourth-order valence-electron chi connectivity index (χ4n) is 2.08. The van der Waals surface area contributed by atoms with Crippen LogP contribution >= 0.6 is 23.2 Å². The molecule has 27 heavy (non-hydrogen) atoms. The second-order valence-corrected chi connectivity index (χ2v) is 5.82. The zero-order valence-electron chi connectivity index (χ0n) is 13.8. The number of nitrogens with zero attached hydrogens (tertiary/aromatic N) is 1. The Bertz CT molecular complexity index is 907. The normalized spacial score (nSPS) is 11.1. The van der Waals surface area contributed by atoms with Gasteiger partial charge in [0.1, 0.15) is 11.6 Å². The molecule has 0 fully saturated rings. The van der Waals surface area contributed by atoms with Crippen LogP contribution in [-0.2, 0) is 4.79 Å². The number of hydrogen-bond acceptors (Lipinski definition) is 4. The SMILES string of the molecule is COc1ccc(/C=C(\C#N)C(=O)Nc2c(Cl)cccc2Cl)cc1OC(F)F. The van der Waals surface area contributed by atoms with E-state index in [1.807, 2.05) is 0 Å². The lowest BCUT2D eigenvalue weighted by molar-refractivity contribution is -0.112. The van der Waals surface area contributed by atoms with Gasteiger partial charge in [0.2, 0.25) is 0 Å². The highest BCUT2D eigenvalue weighted by Gasteiger charge is 2.15. The van der Waals surface area contributed by atoms with Gasteiger partial charge in [0.05, 0.1) is 22.8 Å². The Kier molecular flexibility index (Phi) is 6.99. The molecule has 2 aromatic rings. The van der Waals surface area contributed by atoms with Crippen LogP contribution in [0.25, 0.3) is 6.08 Å². The van der Waals surface area contributed by atoms with Crippen LogP contribution in [0.3, 0.4) is 0 Å². The van der Waals surface area contributed by atoms with Crippen molar-refractivity contribution in [1.82, 2.24) is 0 Å². The topological polar surface area (TPSA) is 71.3 Å². The number of rotatable bonds is 6. The predicted octanol–water partition coefficient (Wildman–Crippen LogP) is 5.15. The molecule has 0 radical (unpaired) electrons. The maximum atomic E-state index is 12.5. The number of para-hydroxylation sites is 1. The quantitative estimate of drug-likeness (QED) is 0.525. The van der Waals surface area contributed by atoms with Crippen molar-refractivity contribution < 1.29 is 23.0 Å². The molecule has 2 aromatic carbocycles. The van der Waals surface area contributed by atoms with Crippen molar-refractivity contribution in [1.29, 1.82) is 5.26 Å². The number of anilines is 1. The number of carbonyl (C=O) groups excluding carboxylic acids is 1. The maximum absolute atomic E-state index is 12.5. The van der Waals surface area contributed by atoms with E-state index in [2.05, 4.69) is 10.1 Å². The summed E-state index contributed by atoms with van der Waals surface area (Å²) >= 11 is 12.0. The summed E-state index contributed by atoms with van der Waals surface area (Å²) in [6.45, 7) is -3.06. The summed E-state index contributed by atoms with van der Waals surface area (Å²) < 4.78 is 34.3. The molecule has 1 amide bonds. The third-order valence-corrected chi connectivity index (χ3v) is 3.91. The summed E-state index contributed by atoms with van der Waals surface area (Å²) in [5, 5.41) is 12.1. The van der Waals surface area contributed by atoms with Crippen molar-refractivity contribution in [2.75, 3.05) is 12.4 Å². The molecule has 0 spiro atoms. The lowest BCUT2D eigenvalue weighted by atomic mass is 10.1. The molecule has 0 aromatic heterocycles. The molecule has 0 aliphatic heterocycles. The van der Waals surface area contributed by atoms with Crippen LogP contribution in [0.5, 0.6) is 11.5 Å². The highest BCUT2D eigenvalue weighted by Crippen LogP contribution is 2.32. The molecular formula is C18H12Cl2F2N2O3. The van der Waals surface area contributed by atoms with Gasteiger partial charge in [0.15, 0.2) is 11.5 Å². The van der Waals surface area contributed by atoms with Gasteiger partial charge in [0.25, 0.3) is 5.91 Å². The minimum absolute atomic E-state index is 0.0817. The van der Waals surface area contributed by atoms with Gasteiger partial charge in [-0.05, 0) is 35.9 Å². The first-order valence-corrected chi connectivity index (χ1v) is 8.11. The number of methoxy groups -OCH3 is 1. The largest absolute Gasteiger partial charge is 0.493 e. The second-order valence-electron chi connectivity index (χ2n) is 5.01. The van der Waals surface area contributed by atoms with E-state index >= 15 is 0 Å². The predicted molar refractivity (Wildman–Crippen MR) is 98.3 cm³/mol. The highest BCUT2D eigenvalue weighted by molar-refractivity contribution is 6.40. The molecule has 9 heteroatoms. The van der Waals surface area contributed by atoms with E-state index in [0.717, 1.165) is 0 Å². The van der Waals surface area contributed by atoms with Crippen LogP contribution in [-0.4, -0.2) is 19.6 Å². The Morgan fingerprint density at radius 2 is 1.89 bits per heavy atom. The van der Waals surface area contributed by atoms with Crippen molar-refractivity contribution in [2.24, 2.45) is 0 Å². The highest BCUT2D eigenvalue weighted by atomic mass is 35.5. The molecule has 5 nitrogen and oxygen atoms in total. The van der Waals surface area contributed by atoms with Gasteiger partial charge in [-0.1, -0.05) is 35.3 Å². The smallest absolute Gasteiger partial charge is 0.387 e. The number of halogens is 4. The molecule has 1 N–H and O–H groups in total. The van der Waals surface area contributed by atoms with E-state index in [1.54, 1.807) is 12.1 Å². The maximum Gasteiger partial charge on any atom is 0.387 e. The molecule has 0 aliphatic rings. The fourth-order valence-corrected chi connectivity index (χ4v) is 2.58. The average Bonchev–Trinajstić information content (AvgIpc) is 2.62. The third kappa shape index (κ3) is 5.33. The van der Waals surface area contributed by atoms with Crippen LogP contribution in [0.4, 0.5) is 14.5 Å². The van der Waals surface area contributed by atoms with Gasteiger partial charge in [0, 0.05) is 0 Å². The standard InChI is InChI=1S/C18H12Cl2F2N2O3/c1-26-14-6-5-10(8-15(14)27-18(21)22)7-11(9-23)17(25)24-16-12(19)3-2-4-13(16)20/h2-8,18H,1H3,(H,24,25)/b11-7+. The molecule has 0 saturated carbocycles. The number of amides is 1. The Balaban J connectivity index is 2.32. The number of ether oxygens (including phenoxy) is 2. The van der Waals surface area contributed by atoms with Crippen LogP contribution in [0, 0.1) is 11.3 Å². The molecule has 140 valence electrons. The summed E-state index contributed by atoms with van der Waals surface area (Å²) in [5.74, 6) is -0.911. The molecule has 0 bridgehead atoms. The van der Waals surface area contributed by atoms with E-state index in [0.29, 0.717) is 0 Å². The molecule has 0 unspecified atom stereocenters. The summed E-state index contributed by atoms with van der Waals surface area (Å²) in [4.78, 5) is 12.3. The second kappa shape index (κ2) is 9.21. The van der Waals surface area contributed by atoms with Crippen molar-refractivity contribution in [3.05, 3.63) is 57.6 Å². The summed E-state index contributed by atoms with van der Waals surface area (Å²) in [6, 6.07) is 10.5. The first-order valence-electron chi connectivity index (χ1n) is 7.35. The summed E-state index contributed by atoms with van der Waals surface area (Å²) in [5.41, 5.74) is 0.144. The fraction of sp³-hybridized carbons (Fsp3) is 0.111. The molecule has 0 aliphatic carbocycles. The van der Waals surface area contributed by atoms with Crippen molar-refractivity contribution >= 4 is 40.9 Å². The minimum atomic E-state index is -3.06. The molecule has 0 atom stereocenters. The van der Waals surface area contributed by atoms with Crippen LogP contribution < -0.4 is 14.8 Å². The monoisotopic (exact) mass is 412 g/mol. The van der Waals surface area contributed by atoms with Crippen molar-refractivity contribution in [3.8, 4) is 17.6 Å². The summed E-state index contributed by atoms with van der Waals surface area (Å²) in [6.07, 6.45) is 1.21. The number of nitrogens with one attached hydrogen (secondary N) is 1. The van der Waals surface area contributed by atoms with Gasteiger partial charge in [-0.3, -0.25) is 4.79 Å². The van der Waals surface area contributed by atoms with E-state index in [9.17, 15) is 18.8 Å².